The fraction of sp³-hybridized carbons (Fsp3) is 0.438. The lowest BCUT2D eigenvalue weighted by atomic mass is 10.1. The largest absolute Gasteiger partial charge is 0.362 e. The van der Waals surface area contributed by atoms with Crippen molar-refractivity contribution < 1.29 is 4.79 Å². The smallest absolute Gasteiger partial charge is 0.227 e. The van der Waals surface area contributed by atoms with Gasteiger partial charge in [-0.1, -0.05) is 0 Å². The van der Waals surface area contributed by atoms with Gasteiger partial charge in [0, 0.05) is 50.0 Å². The number of aryl methyl sites for hydroxylation is 2. The van der Waals surface area contributed by atoms with E-state index in [0.717, 1.165) is 49.1 Å². The molecule has 22 heavy (non-hydrogen) atoms. The number of aromatic nitrogens is 3. The number of rotatable bonds is 3. The zero-order valence-corrected chi connectivity index (χ0v) is 13.0. The maximum Gasteiger partial charge on any atom is 0.227 e. The van der Waals surface area contributed by atoms with Crippen molar-refractivity contribution in [3.8, 4) is 0 Å². The highest BCUT2D eigenvalue weighted by molar-refractivity contribution is 5.79. The van der Waals surface area contributed by atoms with Crippen LogP contribution in [0.2, 0.25) is 0 Å². The predicted octanol–water partition coefficient (Wildman–Crippen LogP) is 1.31. The Kier molecular flexibility index (Phi) is 4.09. The average Bonchev–Trinajstić information content (AvgIpc) is 2.86. The molecule has 116 valence electrons. The van der Waals surface area contributed by atoms with Crippen LogP contribution in [0.4, 0.5) is 5.95 Å². The number of nitrogens with zero attached hydrogens (tertiary/aromatic N) is 4. The molecule has 0 unspecified atom stereocenters. The Hall–Kier alpha value is -2.37. The van der Waals surface area contributed by atoms with Gasteiger partial charge in [-0.3, -0.25) is 4.79 Å². The first kappa shape index (κ1) is 14.6. The van der Waals surface area contributed by atoms with Crippen LogP contribution in [-0.4, -0.2) is 51.9 Å². The number of carbonyl (C=O) groups excluding carboxylic acids is 1. The summed E-state index contributed by atoms with van der Waals surface area (Å²) in [6.07, 6.45) is 3.96. The van der Waals surface area contributed by atoms with E-state index in [1.807, 2.05) is 24.8 Å². The third kappa shape index (κ3) is 3.10. The van der Waals surface area contributed by atoms with Gasteiger partial charge in [-0.2, -0.15) is 0 Å². The highest BCUT2D eigenvalue weighted by Gasteiger charge is 2.23. The Morgan fingerprint density at radius 3 is 2.45 bits per heavy atom. The van der Waals surface area contributed by atoms with E-state index in [0.29, 0.717) is 6.42 Å². The molecule has 1 amide bonds. The van der Waals surface area contributed by atoms with Crippen LogP contribution in [-0.2, 0) is 11.2 Å². The fourth-order valence-electron chi connectivity index (χ4n) is 2.85. The molecule has 3 rings (SSSR count). The summed E-state index contributed by atoms with van der Waals surface area (Å²) < 4.78 is 0. The monoisotopic (exact) mass is 299 g/mol. The molecule has 0 aromatic carbocycles. The molecule has 0 atom stereocenters. The molecule has 0 aliphatic carbocycles. The first-order chi connectivity index (χ1) is 10.6. The lowest BCUT2D eigenvalue weighted by molar-refractivity contribution is -0.130. The molecule has 6 nitrogen and oxygen atoms in total. The molecule has 0 saturated carbocycles. The van der Waals surface area contributed by atoms with Gasteiger partial charge in [-0.05, 0) is 31.5 Å². The summed E-state index contributed by atoms with van der Waals surface area (Å²) in [6, 6.07) is 3.87. The maximum atomic E-state index is 12.4. The number of amides is 1. The van der Waals surface area contributed by atoms with Crippen molar-refractivity contribution in [3.05, 3.63) is 41.5 Å². The molecule has 2 aromatic heterocycles. The van der Waals surface area contributed by atoms with E-state index in [-0.39, 0.29) is 5.91 Å². The van der Waals surface area contributed by atoms with Crippen LogP contribution in [0.25, 0.3) is 0 Å². The summed E-state index contributed by atoms with van der Waals surface area (Å²) in [7, 11) is 0. The Bertz CT molecular complexity index is 644. The Morgan fingerprint density at radius 2 is 1.86 bits per heavy atom. The fourth-order valence-corrected chi connectivity index (χ4v) is 2.85. The minimum Gasteiger partial charge on any atom is -0.362 e. The normalized spacial score (nSPS) is 15.2. The number of piperazine rings is 1. The van der Waals surface area contributed by atoms with Gasteiger partial charge in [0.25, 0.3) is 0 Å². The van der Waals surface area contributed by atoms with Crippen LogP contribution < -0.4 is 4.90 Å². The number of carbonyl (C=O) groups is 1. The number of hydrogen-bond donors (Lipinski definition) is 1. The van der Waals surface area contributed by atoms with Crippen LogP contribution in [0.15, 0.2) is 24.5 Å². The molecule has 2 aromatic rings. The minimum atomic E-state index is 0.190. The van der Waals surface area contributed by atoms with Gasteiger partial charge in [-0.25, -0.2) is 9.97 Å². The molecule has 1 aliphatic heterocycles. The van der Waals surface area contributed by atoms with Gasteiger partial charge in [-0.15, -0.1) is 0 Å². The first-order valence-corrected chi connectivity index (χ1v) is 7.58. The summed E-state index contributed by atoms with van der Waals surface area (Å²) in [4.78, 5) is 28.3. The molecule has 1 fully saturated rings. The number of anilines is 1. The highest BCUT2D eigenvalue weighted by Crippen LogP contribution is 2.14. The summed E-state index contributed by atoms with van der Waals surface area (Å²) in [5.41, 5.74) is 3.28. The zero-order chi connectivity index (χ0) is 15.5. The molecule has 0 radical (unpaired) electrons. The second-order valence-corrected chi connectivity index (χ2v) is 5.70. The summed E-state index contributed by atoms with van der Waals surface area (Å²) in [5, 5.41) is 0. The summed E-state index contributed by atoms with van der Waals surface area (Å²) in [5.74, 6) is 0.933. The lowest BCUT2D eigenvalue weighted by Crippen LogP contribution is -2.49. The first-order valence-electron chi connectivity index (χ1n) is 7.58. The van der Waals surface area contributed by atoms with Crippen molar-refractivity contribution in [2.75, 3.05) is 31.1 Å². The van der Waals surface area contributed by atoms with Crippen LogP contribution in [0, 0.1) is 13.8 Å². The topological polar surface area (TPSA) is 65.1 Å². The van der Waals surface area contributed by atoms with Crippen molar-refractivity contribution in [3.63, 3.8) is 0 Å². The molecule has 1 N–H and O–H groups in total. The van der Waals surface area contributed by atoms with E-state index in [9.17, 15) is 4.79 Å². The van der Waals surface area contributed by atoms with Crippen LogP contribution in [0.1, 0.15) is 17.0 Å². The quantitative estimate of drug-likeness (QED) is 0.928. The Morgan fingerprint density at radius 1 is 1.18 bits per heavy atom. The molecule has 0 spiro atoms. The molecule has 0 bridgehead atoms. The van der Waals surface area contributed by atoms with Crippen molar-refractivity contribution >= 4 is 11.9 Å². The van der Waals surface area contributed by atoms with E-state index in [1.165, 1.54) is 0 Å². The summed E-state index contributed by atoms with van der Waals surface area (Å²) in [6.45, 7) is 7.03. The van der Waals surface area contributed by atoms with Crippen molar-refractivity contribution in [1.82, 2.24) is 19.9 Å². The standard InChI is InChI=1S/C16H21N5O/c1-12-10-14(13(2)19-12)11-15(22)20-6-8-21(9-7-20)16-17-4-3-5-18-16/h3-5,10,19H,6-9,11H2,1-2H3. The predicted molar refractivity (Wildman–Crippen MR) is 84.8 cm³/mol. The van der Waals surface area contributed by atoms with Crippen molar-refractivity contribution in [2.45, 2.75) is 20.3 Å². The number of aromatic amines is 1. The minimum absolute atomic E-state index is 0.190. The van der Waals surface area contributed by atoms with Gasteiger partial charge in [0.15, 0.2) is 0 Å². The molecular formula is C16H21N5O. The average molecular weight is 299 g/mol. The zero-order valence-electron chi connectivity index (χ0n) is 13.0. The third-order valence-corrected chi connectivity index (χ3v) is 4.07. The van der Waals surface area contributed by atoms with Crippen LogP contribution in [0.3, 0.4) is 0 Å². The second kappa shape index (κ2) is 6.17. The molecule has 6 heteroatoms. The van der Waals surface area contributed by atoms with Gasteiger partial charge >= 0.3 is 0 Å². The maximum absolute atomic E-state index is 12.4. The number of nitrogens with one attached hydrogen (secondary N) is 1. The van der Waals surface area contributed by atoms with E-state index in [2.05, 4.69) is 25.9 Å². The van der Waals surface area contributed by atoms with Crippen LogP contribution in [0.5, 0.6) is 0 Å². The lowest BCUT2D eigenvalue weighted by Gasteiger charge is -2.34. The molecular weight excluding hydrogens is 278 g/mol. The van der Waals surface area contributed by atoms with Crippen molar-refractivity contribution in [1.29, 1.82) is 0 Å². The van der Waals surface area contributed by atoms with Gasteiger partial charge in [0.1, 0.15) is 0 Å². The van der Waals surface area contributed by atoms with E-state index in [1.54, 1.807) is 12.4 Å². The summed E-state index contributed by atoms with van der Waals surface area (Å²) >= 11 is 0. The van der Waals surface area contributed by atoms with E-state index >= 15 is 0 Å². The van der Waals surface area contributed by atoms with E-state index < -0.39 is 0 Å². The third-order valence-electron chi connectivity index (χ3n) is 4.07. The van der Waals surface area contributed by atoms with E-state index in [4.69, 9.17) is 0 Å². The SMILES string of the molecule is Cc1cc(CC(=O)N2CCN(c3ncccn3)CC2)c(C)[nH]1. The molecule has 1 saturated heterocycles. The Labute approximate surface area is 130 Å². The van der Waals surface area contributed by atoms with Gasteiger partial charge < -0.3 is 14.8 Å². The Balaban J connectivity index is 1.57. The van der Waals surface area contributed by atoms with Crippen LogP contribution >= 0.6 is 0 Å². The second-order valence-electron chi connectivity index (χ2n) is 5.70. The highest BCUT2D eigenvalue weighted by atomic mass is 16.2. The molecule has 3 heterocycles. The molecule has 1 aliphatic rings. The van der Waals surface area contributed by atoms with Gasteiger partial charge in [0.05, 0.1) is 6.42 Å². The van der Waals surface area contributed by atoms with Crippen molar-refractivity contribution in [2.24, 2.45) is 0 Å². The number of H-pyrrole nitrogens is 1. The van der Waals surface area contributed by atoms with Gasteiger partial charge in [0.2, 0.25) is 11.9 Å². The number of hydrogen-bond acceptors (Lipinski definition) is 4.